The molecule has 0 aliphatic carbocycles. The van der Waals surface area contributed by atoms with Crippen molar-refractivity contribution in [2.24, 2.45) is 5.84 Å². The van der Waals surface area contributed by atoms with Gasteiger partial charge in [0, 0.05) is 20.7 Å². The van der Waals surface area contributed by atoms with Gasteiger partial charge in [0.25, 0.3) is 5.91 Å². The highest BCUT2D eigenvalue weighted by atomic mass is 79.9. The van der Waals surface area contributed by atoms with Crippen LogP contribution >= 0.6 is 27.7 Å². The number of amides is 1. The third kappa shape index (κ3) is 3.96. The number of hydrogen-bond acceptors (Lipinski definition) is 4. The highest BCUT2D eigenvalue weighted by molar-refractivity contribution is 9.10. The van der Waals surface area contributed by atoms with Gasteiger partial charge in [-0.25, -0.2) is 10.2 Å². The highest BCUT2D eigenvalue weighted by Crippen LogP contribution is 2.29. The monoisotopic (exact) mass is 369 g/mol. The number of halogens is 2. The van der Waals surface area contributed by atoms with Crippen LogP contribution in [0, 0.1) is 5.82 Å². The van der Waals surface area contributed by atoms with E-state index in [4.69, 9.17) is 11.6 Å². The Morgan fingerprint density at radius 2 is 2.05 bits per heavy atom. The molecule has 0 aliphatic rings. The predicted octanol–water partition coefficient (Wildman–Crippen LogP) is 3.07. The average Bonchev–Trinajstić information content (AvgIpc) is 2.48. The topological polar surface area (TPSA) is 81.1 Å². The molecule has 0 heterocycles. The Morgan fingerprint density at radius 1 is 1.29 bits per heavy atom. The molecular formula is C14H13BrFN3OS. The second-order valence-corrected chi connectivity index (χ2v) is 6.15. The molecule has 2 aromatic rings. The van der Waals surface area contributed by atoms with Crippen LogP contribution in [0.4, 0.5) is 10.1 Å². The van der Waals surface area contributed by atoms with Gasteiger partial charge in [0.15, 0.2) is 0 Å². The number of nitrogens with one attached hydrogen (secondary N) is 1. The quantitative estimate of drug-likeness (QED) is 0.254. The fraction of sp³-hybridized carbons (Fsp3) is 0.0714. The second kappa shape index (κ2) is 6.93. The summed E-state index contributed by atoms with van der Waals surface area (Å²) in [5.74, 6) is 4.95. The summed E-state index contributed by atoms with van der Waals surface area (Å²) >= 11 is 4.90. The Morgan fingerprint density at radius 3 is 2.67 bits per heavy atom. The molecule has 0 saturated carbocycles. The summed E-state index contributed by atoms with van der Waals surface area (Å²) in [6.45, 7) is 0. The lowest BCUT2D eigenvalue weighted by Crippen LogP contribution is -2.29. The number of carbonyl (C=O) groups is 1. The molecule has 0 atom stereocenters. The van der Waals surface area contributed by atoms with Crippen molar-refractivity contribution in [3.8, 4) is 0 Å². The lowest BCUT2D eigenvalue weighted by molar-refractivity contribution is 0.0953. The molecule has 0 bridgehead atoms. The highest BCUT2D eigenvalue weighted by Gasteiger charge is 2.08. The minimum atomic E-state index is -0.422. The fourth-order valence-corrected chi connectivity index (χ4v) is 3.28. The number of thioether (sulfide) groups is 1. The van der Waals surface area contributed by atoms with Crippen molar-refractivity contribution in [2.75, 3.05) is 5.73 Å². The maximum absolute atomic E-state index is 13.4. The van der Waals surface area contributed by atoms with Gasteiger partial charge in [0.2, 0.25) is 0 Å². The van der Waals surface area contributed by atoms with Crippen LogP contribution in [0.15, 0.2) is 45.8 Å². The van der Waals surface area contributed by atoms with Gasteiger partial charge in [0.05, 0.1) is 5.69 Å². The predicted molar refractivity (Wildman–Crippen MR) is 86.2 cm³/mol. The molecule has 0 fully saturated rings. The third-order valence-corrected chi connectivity index (χ3v) is 4.59. The first-order chi connectivity index (χ1) is 10.0. The number of anilines is 1. The molecule has 4 nitrogen and oxygen atoms in total. The zero-order valence-electron chi connectivity index (χ0n) is 10.9. The van der Waals surface area contributed by atoms with E-state index in [0.29, 0.717) is 11.3 Å². The summed E-state index contributed by atoms with van der Waals surface area (Å²) < 4.78 is 14.2. The first kappa shape index (κ1) is 15.8. The standard InChI is InChI=1S/C14H13BrFN3OS/c15-11-5-8(14(20)19-18)1-2-9(11)7-21-10-3-4-13(17)12(16)6-10/h1-6H,7,17-18H2,(H,19,20). The van der Waals surface area contributed by atoms with Crippen LogP contribution in [0.3, 0.4) is 0 Å². The molecule has 7 heteroatoms. The molecule has 0 radical (unpaired) electrons. The molecule has 2 aromatic carbocycles. The Kier molecular flexibility index (Phi) is 5.22. The number of nitrogen functional groups attached to an aromatic ring is 2. The van der Waals surface area contributed by atoms with Gasteiger partial charge < -0.3 is 5.73 Å². The van der Waals surface area contributed by atoms with Crippen molar-refractivity contribution in [2.45, 2.75) is 10.6 Å². The van der Waals surface area contributed by atoms with Crippen LogP contribution in [0.1, 0.15) is 15.9 Å². The van der Waals surface area contributed by atoms with Crippen LogP contribution < -0.4 is 17.0 Å². The van der Waals surface area contributed by atoms with Crippen molar-refractivity contribution in [1.82, 2.24) is 5.43 Å². The van der Waals surface area contributed by atoms with E-state index in [-0.39, 0.29) is 11.6 Å². The Balaban J connectivity index is 2.09. The lowest BCUT2D eigenvalue weighted by Gasteiger charge is -2.07. The largest absolute Gasteiger partial charge is 0.396 e. The zero-order chi connectivity index (χ0) is 15.4. The number of hydrogen-bond donors (Lipinski definition) is 3. The van der Waals surface area contributed by atoms with Gasteiger partial charge in [-0.2, -0.15) is 0 Å². The van der Waals surface area contributed by atoms with Gasteiger partial charge in [-0.1, -0.05) is 22.0 Å². The van der Waals surface area contributed by atoms with E-state index in [9.17, 15) is 9.18 Å². The van der Waals surface area contributed by atoms with Crippen LogP contribution in [0.2, 0.25) is 0 Å². The van der Waals surface area contributed by atoms with Crippen molar-refractivity contribution < 1.29 is 9.18 Å². The SMILES string of the molecule is NNC(=O)c1ccc(CSc2ccc(N)c(F)c2)c(Br)c1. The molecule has 2 rings (SSSR count). The summed E-state index contributed by atoms with van der Waals surface area (Å²) in [7, 11) is 0. The summed E-state index contributed by atoms with van der Waals surface area (Å²) in [5, 5.41) is 0. The minimum absolute atomic E-state index is 0.137. The molecular weight excluding hydrogens is 357 g/mol. The summed E-state index contributed by atoms with van der Waals surface area (Å²) in [5.41, 5.74) is 9.11. The lowest BCUT2D eigenvalue weighted by atomic mass is 10.1. The Bertz CT molecular complexity index is 681. The summed E-state index contributed by atoms with van der Waals surface area (Å²) in [6.07, 6.45) is 0. The molecule has 110 valence electrons. The number of benzene rings is 2. The van der Waals surface area contributed by atoms with E-state index in [1.54, 1.807) is 24.3 Å². The van der Waals surface area contributed by atoms with Crippen LogP contribution in [0.25, 0.3) is 0 Å². The maximum atomic E-state index is 13.4. The van der Waals surface area contributed by atoms with Gasteiger partial charge in [0.1, 0.15) is 5.82 Å². The first-order valence-corrected chi connectivity index (χ1v) is 7.76. The molecule has 1 amide bonds. The minimum Gasteiger partial charge on any atom is -0.396 e. The van der Waals surface area contributed by atoms with Crippen molar-refractivity contribution in [3.05, 3.63) is 57.8 Å². The number of hydrazine groups is 1. The molecule has 0 spiro atoms. The summed E-state index contributed by atoms with van der Waals surface area (Å²) in [6, 6.07) is 9.93. The fourth-order valence-electron chi connectivity index (χ4n) is 1.65. The molecule has 21 heavy (non-hydrogen) atoms. The van der Waals surface area contributed by atoms with E-state index in [1.165, 1.54) is 17.8 Å². The Labute approximate surface area is 134 Å². The smallest absolute Gasteiger partial charge is 0.265 e. The third-order valence-electron chi connectivity index (χ3n) is 2.81. The Hall–Kier alpha value is -1.57. The van der Waals surface area contributed by atoms with Crippen molar-refractivity contribution >= 4 is 39.3 Å². The van der Waals surface area contributed by atoms with Gasteiger partial charge in [-0.05, 0) is 35.9 Å². The van der Waals surface area contributed by atoms with E-state index < -0.39 is 5.82 Å². The first-order valence-electron chi connectivity index (χ1n) is 5.98. The van der Waals surface area contributed by atoms with Gasteiger partial charge >= 0.3 is 0 Å². The van der Waals surface area contributed by atoms with Gasteiger partial charge in [-0.3, -0.25) is 10.2 Å². The molecule has 0 aromatic heterocycles. The normalized spacial score (nSPS) is 10.4. The molecule has 0 aliphatic heterocycles. The molecule has 0 unspecified atom stereocenters. The van der Waals surface area contributed by atoms with Crippen LogP contribution in [-0.2, 0) is 5.75 Å². The molecule has 0 saturated heterocycles. The summed E-state index contributed by atoms with van der Waals surface area (Å²) in [4.78, 5) is 12.2. The average molecular weight is 370 g/mol. The van der Waals surface area contributed by atoms with E-state index >= 15 is 0 Å². The maximum Gasteiger partial charge on any atom is 0.265 e. The number of rotatable bonds is 4. The van der Waals surface area contributed by atoms with Crippen molar-refractivity contribution in [3.63, 3.8) is 0 Å². The number of nitrogens with two attached hydrogens (primary N) is 2. The van der Waals surface area contributed by atoms with Crippen LogP contribution in [0.5, 0.6) is 0 Å². The van der Waals surface area contributed by atoms with E-state index in [1.807, 2.05) is 6.07 Å². The van der Waals surface area contributed by atoms with E-state index in [2.05, 4.69) is 21.4 Å². The van der Waals surface area contributed by atoms with E-state index in [0.717, 1.165) is 14.9 Å². The molecule has 5 N–H and O–H groups in total. The van der Waals surface area contributed by atoms with Crippen LogP contribution in [-0.4, -0.2) is 5.91 Å². The zero-order valence-corrected chi connectivity index (χ0v) is 13.3. The van der Waals surface area contributed by atoms with Gasteiger partial charge in [-0.15, -0.1) is 11.8 Å². The number of carbonyl (C=O) groups excluding carboxylic acids is 1. The van der Waals surface area contributed by atoms with Crippen molar-refractivity contribution in [1.29, 1.82) is 0 Å². The second-order valence-electron chi connectivity index (χ2n) is 4.25.